The summed E-state index contributed by atoms with van der Waals surface area (Å²) >= 11 is 0. The third-order valence-electron chi connectivity index (χ3n) is 3.33. The van der Waals surface area contributed by atoms with Crippen LogP contribution in [-0.2, 0) is 6.42 Å². The molecule has 0 unspecified atom stereocenters. The number of nitrogens with one attached hydrogen (secondary N) is 2. The summed E-state index contributed by atoms with van der Waals surface area (Å²) in [6.07, 6.45) is 1.30. The van der Waals surface area contributed by atoms with E-state index < -0.39 is 5.69 Å². The zero-order chi connectivity index (χ0) is 16.1. The second kappa shape index (κ2) is 6.98. The maximum absolute atomic E-state index is 11.9. The number of aromatic amines is 2. The van der Waals surface area contributed by atoms with Crippen LogP contribution in [0.25, 0.3) is 0 Å². The fourth-order valence-electron chi connectivity index (χ4n) is 2.20. The first-order chi connectivity index (χ1) is 10.5. The number of aromatic nitrogens is 2. The van der Waals surface area contributed by atoms with Gasteiger partial charge in [-0.05, 0) is 31.0 Å². The Morgan fingerprint density at radius 1 is 1.14 bits per heavy atom. The van der Waals surface area contributed by atoms with Crippen molar-refractivity contribution in [1.29, 1.82) is 0 Å². The lowest BCUT2D eigenvalue weighted by Crippen LogP contribution is -2.27. The Kier molecular flexibility index (Phi) is 5.04. The molecule has 0 aliphatic carbocycles. The quantitative estimate of drug-likeness (QED) is 0.851. The Bertz CT molecular complexity index is 761. The molecule has 0 saturated heterocycles. The molecule has 0 amide bonds. The number of rotatable bonds is 6. The Balaban J connectivity index is 2.34. The molecule has 0 fully saturated rings. The van der Waals surface area contributed by atoms with E-state index in [4.69, 9.17) is 9.47 Å². The summed E-state index contributed by atoms with van der Waals surface area (Å²) in [5.74, 6) is 1.31. The molecule has 0 aliphatic heterocycles. The molecule has 2 N–H and O–H groups in total. The van der Waals surface area contributed by atoms with Crippen LogP contribution in [0.4, 0.5) is 0 Å². The van der Waals surface area contributed by atoms with Crippen LogP contribution in [0, 0.1) is 6.92 Å². The van der Waals surface area contributed by atoms with Crippen LogP contribution in [0.5, 0.6) is 11.5 Å². The summed E-state index contributed by atoms with van der Waals surface area (Å²) in [5.41, 5.74) is 1.15. The second-order valence-electron chi connectivity index (χ2n) is 5.02. The van der Waals surface area contributed by atoms with Gasteiger partial charge in [0, 0.05) is 17.7 Å². The van der Waals surface area contributed by atoms with E-state index in [1.165, 1.54) is 0 Å². The van der Waals surface area contributed by atoms with Gasteiger partial charge >= 0.3 is 5.69 Å². The first-order valence-corrected chi connectivity index (χ1v) is 7.17. The fraction of sp³-hybridized carbons (Fsp3) is 0.375. The number of benzene rings is 1. The van der Waals surface area contributed by atoms with Crippen molar-refractivity contribution in [3.8, 4) is 11.5 Å². The van der Waals surface area contributed by atoms with Gasteiger partial charge in [0.2, 0.25) is 0 Å². The van der Waals surface area contributed by atoms with Crippen molar-refractivity contribution < 1.29 is 9.47 Å². The zero-order valence-electron chi connectivity index (χ0n) is 13.0. The van der Waals surface area contributed by atoms with Crippen molar-refractivity contribution >= 4 is 0 Å². The van der Waals surface area contributed by atoms with Gasteiger partial charge in [-0.1, -0.05) is 13.0 Å². The average molecular weight is 304 g/mol. The zero-order valence-corrected chi connectivity index (χ0v) is 13.0. The summed E-state index contributed by atoms with van der Waals surface area (Å²) in [6.45, 7) is 4.33. The highest BCUT2D eigenvalue weighted by Gasteiger charge is 2.10. The van der Waals surface area contributed by atoms with Crippen LogP contribution < -0.4 is 20.7 Å². The summed E-state index contributed by atoms with van der Waals surface area (Å²) < 4.78 is 10.9. The Morgan fingerprint density at radius 3 is 2.55 bits per heavy atom. The van der Waals surface area contributed by atoms with Crippen molar-refractivity contribution in [3.63, 3.8) is 0 Å². The molecule has 2 aromatic rings. The van der Waals surface area contributed by atoms with Gasteiger partial charge in [-0.2, -0.15) is 0 Å². The average Bonchev–Trinajstić information content (AvgIpc) is 2.48. The standard InChI is InChI=1S/C16H20N2O4/c1-4-7-22-14-9-11(5-6-13(14)21-3)8-12-10(2)17-16(20)18-15(12)19/h5-6,9H,4,7-8H2,1-3H3,(H2,17,18,19,20). The molecular formula is C16H20N2O4. The Labute approximate surface area is 128 Å². The van der Waals surface area contributed by atoms with Crippen molar-refractivity contribution in [2.24, 2.45) is 0 Å². The van der Waals surface area contributed by atoms with E-state index in [1.807, 2.05) is 25.1 Å². The van der Waals surface area contributed by atoms with E-state index in [9.17, 15) is 9.59 Å². The van der Waals surface area contributed by atoms with Crippen LogP contribution in [0.1, 0.15) is 30.2 Å². The number of hydrogen-bond donors (Lipinski definition) is 2. The van der Waals surface area contributed by atoms with E-state index in [0.29, 0.717) is 35.8 Å². The molecule has 0 aliphatic rings. The van der Waals surface area contributed by atoms with Gasteiger partial charge in [0.05, 0.1) is 13.7 Å². The van der Waals surface area contributed by atoms with Gasteiger partial charge in [-0.25, -0.2) is 4.79 Å². The SMILES string of the molecule is CCCOc1cc(Cc2c(C)[nH]c(=O)[nH]c2=O)ccc1OC. The normalized spacial score (nSPS) is 10.5. The highest BCUT2D eigenvalue weighted by Crippen LogP contribution is 2.29. The number of methoxy groups -OCH3 is 1. The maximum Gasteiger partial charge on any atom is 0.325 e. The number of hydrogen-bond acceptors (Lipinski definition) is 4. The molecule has 0 radical (unpaired) electrons. The molecule has 0 bridgehead atoms. The van der Waals surface area contributed by atoms with Crippen molar-refractivity contribution in [2.45, 2.75) is 26.7 Å². The Morgan fingerprint density at radius 2 is 1.91 bits per heavy atom. The lowest BCUT2D eigenvalue weighted by molar-refractivity contribution is 0.294. The van der Waals surface area contributed by atoms with Crippen LogP contribution >= 0.6 is 0 Å². The van der Waals surface area contributed by atoms with Gasteiger partial charge < -0.3 is 14.5 Å². The van der Waals surface area contributed by atoms with Gasteiger partial charge in [-0.3, -0.25) is 9.78 Å². The first-order valence-electron chi connectivity index (χ1n) is 7.17. The molecule has 1 aromatic carbocycles. The number of ether oxygens (including phenoxy) is 2. The molecule has 22 heavy (non-hydrogen) atoms. The summed E-state index contributed by atoms with van der Waals surface area (Å²) in [4.78, 5) is 28.0. The van der Waals surface area contributed by atoms with Crippen LogP contribution in [0.2, 0.25) is 0 Å². The minimum atomic E-state index is -0.493. The summed E-state index contributed by atoms with van der Waals surface area (Å²) in [7, 11) is 1.59. The van der Waals surface area contributed by atoms with Gasteiger partial charge in [0.15, 0.2) is 11.5 Å². The molecule has 0 saturated carbocycles. The molecule has 2 rings (SSSR count). The highest BCUT2D eigenvalue weighted by molar-refractivity contribution is 5.44. The molecule has 6 heteroatoms. The van der Waals surface area contributed by atoms with E-state index in [-0.39, 0.29) is 5.56 Å². The first kappa shape index (κ1) is 15.9. The monoisotopic (exact) mass is 304 g/mol. The molecule has 1 heterocycles. The largest absolute Gasteiger partial charge is 0.493 e. The van der Waals surface area contributed by atoms with Gasteiger partial charge in [0.25, 0.3) is 5.56 Å². The third-order valence-corrected chi connectivity index (χ3v) is 3.33. The number of H-pyrrole nitrogens is 2. The summed E-state index contributed by atoms with van der Waals surface area (Å²) in [5, 5.41) is 0. The van der Waals surface area contributed by atoms with Crippen LogP contribution in [0.15, 0.2) is 27.8 Å². The highest BCUT2D eigenvalue weighted by atomic mass is 16.5. The van der Waals surface area contributed by atoms with Crippen LogP contribution in [0.3, 0.4) is 0 Å². The smallest absolute Gasteiger partial charge is 0.325 e. The maximum atomic E-state index is 11.9. The van der Waals surface area contributed by atoms with Gasteiger partial charge in [-0.15, -0.1) is 0 Å². The van der Waals surface area contributed by atoms with Crippen molar-refractivity contribution in [3.05, 3.63) is 55.9 Å². The molecule has 0 spiro atoms. The van der Waals surface area contributed by atoms with Crippen molar-refractivity contribution in [2.75, 3.05) is 13.7 Å². The summed E-state index contributed by atoms with van der Waals surface area (Å²) in [6, 6.07) is 5.55. The van der Waals surface area contributed by atoms with E-state index in [0.717, 1.165) is 12.0 Å². The predicted octanol–water partition coefficient (Wildman–Crippen LogP) is 1.76. The van der Waals surface area contributed by atoms with E-state index in [1.54, 1.807) is 14.0 Å². The molecule has 6 nitrogen and oxygen atoms in total. The molecule has 0 atom stereocenters. The van der Waals surface area contributed by atoms with E-state index in [2.05, 4.69) is 9.97 Å². The minimum absolute atomic E-state index is 0.368. The van der Waals surface area contributed by atoms with Crippen molar-refractivity contribution in [1.82, 2.24) is 9.97 Å². The Hall–Kier alpha value is -2.50. The molecule has 118 valence electrons. The second-order valence-corrected chi connectivity index (χ2v) is 5.02. The minimum Gasteiger partial charge on any atom is -0.493 e. The van der Waals surface area contributed by atoms with Gasteiger partial charge in [0.1, 0.15) is 0 Å². The van der Waals surface area contributed by atoms with E-state index >= 15 is 0 Å². The predicted molar refractivity (Wildman–Crippen MR) is 84.0 cm³/mol. The third kappa shape index (κ3) is 3.58. The topological polar surface area (TPSA) is 84.2 Å². The lowest BCUT2D eigenvalue weighted by Gasteiger charge is -2.12. The lowest BCUT2D eigenvalue weighted by atomic mass is 10.0. The van der Waals surface area contributed by atoms with Crippen LogP contribution in [-0.4, -0.2) is 23.7 Å². The molecular weight excluding hydrogens is 284 g/mol. The molecule has 1 aromatic heterocycles. The fourth-order valence-corrected chi connectivity index (χ4v) is 2.20. The number of aryl methyl sites for hydroxylation is 1.